The third kappa shape index (κ3) is 3.53. The average molecular weight is 273 g/mol. The zero-order valence-electron chi connectivity index (χ0n) is 10.9. The quantitative estimate of drug-likeness (QED) is 0.896. The number of benzene rings is 1. The van der Waals surface area contributed by atoms with E-state index in [1.165, 1.54) is 20.8 Å². The molecule has 0 saturated heterocycles. The van der Waals surface area contributed by atoms with E-state index >= 15 is 0 Å². The zero-order valence-corrected chi connectivity index (χ0v) is 11.7. The second-order valence-electron chi connectivity index (χ2n) is 5.20. The molecular formula is C13H20FNO2S. The van der Waals surface area contributed by atoms with Crippen LogP contribution < -0.4 is 5.14 Å². The lowest BCUT2D eigenvalue weighted by molar-refractivity contribution is 0.281. The smallest absolute Gasteiger partial charge is 0.214 e. The van der Waals surface area contributed by atoms with E-state index in [0.717, 1.165) is 5.56 Å². The minimum atomic E-state index is -3.71. The number of hydrogen-bond acceptors (Lipinski definition) is 2. The molecule has 0 aliphatic carbocycles. The van der Waals surface area contributed by atoms with Gasteiger partial charge >= 0.3 is 0 Å². The highest BCUT2D eigenvalue weighted by Gasteiger charge is 2.36. The van der Waals surface area contributed by atoms with Gasteiger partial charge in [0.1, 0.15) is 6.17 Å². The number of hydrogen-bond donors (Lipinski definition) is 1. The molecule has 0 aromatic heterocycles. The van der Waals surface area contributed by atoms with Crippen LogP contribution in [-0.2, 0) is 10.0 Å². The second kappa shape index (κ2) is 5.36. The predicted molar refractivity (Wildman–Crippen MR) is 71.6 cm³/mol. The molecule has 1 aromatic rings. The van der Waals surface area contributed by atoms with Crippen molar-refractivity contribution < 1.29 is 12.8 Å². The molecule has 0 saturated carbocycles. The Morgan fingerprint density at radius 2 is 1.78 bits per heavy atom. The number of sulfonamides is 1. The lowest BCUT2D eigenvalue weighted by atomic mass is 9.87. The molecule has 0 fully saturated rings. The van der Waals surface area contributed by atoms with Gasteiger partial charge in [-0.1, -0.05) is 30.3 Å². The standard InChI is InChI=1S/C13H20FNO2S/c1-10(14)12(11-7-5-4-6-8-11)9-13(2,3)18(15,16)17/h4-8,10,12H,9H2,1-3H3,(H2,15,16,17)/t10-,12+/m0/s1. The number of rotatable bonds is 5. The van der Waals surface area contributed by atoms with Crippen LogP contribution in [0, 0.1) is 0 Å². The van der Waals surface area contributed by atoms with Gasteiger partial charge in [-0.15, -0.1) is 0 Å². The van der Waals surface area contributed by atoms with Crippen molar-refractivity contribution in [3.63, 3.8) is 0 Å². The summed E-state index contributed by atoms with van der Waals surface area (Å²) >= 11 is 0. The van der Waals surface area contributed by atoms with E-state index in [0.29, 0.717) is 0 Å². The first-order chi connectivity index (χ1) is 8.15. The van der Waals surface area contributed by atoms with Crippen molar-refractivity contribution in [1.29, 1.82) is 0 Å². The van der Waals surface area contributed by atoms with Crippen LogP contribution in [-0.4, -0.2) is 19.3 Å². The monoisotopic (exact) mass is 273 g/mol. The van der Waals surface area contributed by atoms with Gasteiger partial charge in [0.15, 0.2) is 0 Å². The predicted octanol–water partition coefficient (Wildman–Crippen LogP) is 2.59. The molecule has 1 rings (SSSR count). The van der Waals surface area contributed by atoms with Crippen molar-refractivity contribution in [3.8, 4) is 0 Å². The molecule has 0 bridgehead atoms. The van der Waals surface area contributed by atoms with E-state index in [2.05, 4.69) is 0 Å². The van der Waals surface area contributed by atoms with Crippen LogP contribution in [0.4, 0.5) is 4.39 Å². The molecule has 1 aromatic carbocycles. The van der Waals surface area contributed by atoms with E-state index in [9.17, 15) is 12.8 Å². The SMILES string of the molecule is C[C@H](F)[C@@H](CC(C)(C)S(N)(=O)=O)c1ccccc1. The Kier molecular flexibility index (Phi) is 4.50. The van der Waals surface area contributed by atoms with E-state index in [1.807, 2.05) is 18.2 Å². The molecule has 5 heteroatoms. The van der Waals surface area contributed by atoms with E-state index < -0.39 is 26.9 Å². The topological polar surface area (TPSA) is 60.2 Å². The molecule has 0 heterocycles. The number of alkyl halides is 1. The van der Waals surface area contributed by atoms with Gasteiger partial charge in [0, 0.05) is 5.92 Å². The van der Waals surface area contributed by atoms with E-state index in [4.69, 9.17) is 5.14 Å². The first-order valence-corrected chi connectivity index (χ1v) is 7.41. The van der Waals surface area contributed by atoms with Crippen molar-refractivity contribution in [2.45, 2.75) is 44.0 Å². The Morgan fingerprint density at radius 1 is 1.28 bits per heavy atom. The highest BCUT2D eigenvalue weighted by molar-refractivity contribution is 7.90. The summed E-state index contributed by atoms with van der Waals surface area (Å²) in [5.41, 5.74) is 0.796. The summed E-state index contributed by atoms with van der Waals surface area (Å²) in [6.45, 7) is 4.50. The minimum absolute atomic E-state index is 0.160. The minimum Gasteiger partial charge on any atom is -0.247 e. The summed E-state index contributed by atoms with van der Waals surface area (Å²) in [7, 11) is -3.71. The normalized spacial score (nSPS) is 16.3. The van der Waals surface area contributed by atoms with Gasteiger partial charge in [0.25, 0.3) is 0 Å². The molecule has 3 nitrogen and oxygen atoms in total. The Morgan fingerprint density at radius 3 is 2.17 bits per heavy atom. The van der Waals surface area contributed by atoms with Gasteiger partial charge in [-0.2, -0.15) is 0 Å². The van der Waals surface area contributed by atoms with Crippen LogP contribution in [0.5, 0.6) is 0 Å². The molecule has 0 aliphatic heterocycles. The molecule has 2 N–H and O–H groups in total. The maximum absolute atomic E-state index is 13.7. The first-order valence-electron chi connectivity index (χ1n) is 5.86. The Bertz CT molecular complexity index is 483. The highest BCUT2D eigenvalue weighted by atomic mass is 32.2. The van der Waals surface area contributed by atoms with Crippen LogP contribution in [0.15, 0.2) is 30.3 Å². The van der Waals surface area contributed by atoms with Crippen molar-refractivity contribution >= 4 is 10.0 Å². The molecule has 0 unspecified atom stereocenters. The number of nitrogens with two attached hydrogens (primary N) is 1. The van der Waals surface area contributed by atoms with Crippen molar-refractivity contribution in [2.24, 2.45) is 5.14 Å². The van der Waals surface area contributed by atoms with Crippen LogP contribution in [0.1, 0.15) is 38.7 Å². The Hall–Kier alpha value is -0.940. The Labute approximate surface area is 108 Å². The fraction of sp³-hybridized carbons (Fsp3) is 0.538. The van der Waals surface area contributed by atoms with Gasteiger partial charge in [-0.3, -0.25) is 0 Å². The average Bonchev–Trinajstić information content (AvgIpc) is 2.25. The van der Waals surface area contributed by atoms with Crippen LogP contribution in [0.2, 0.25) is 0 Å². The fourth-order valence-corrected chi connectivity index (χ4v) is 2.30. The molecule has 0 spiro atoms. The summed E-state index contributed by atoms with van der Waals surface area (Å²) < 4.78 is 35.6. The van der Waals surface area contributed by atoms with Crippen molar-refractivity contribution in [3.05, 3.63) is 35.9 Å². The number of primary sulfonamides is 1. The van der Waals surface area contributed by atoms with Crippen LogP contribution >= 0.6 is 0 Å². The van der Waals surface area contributed by atoms with Crippen molar-refractivity contribution in [1.82, 2.24) is 0 Å². The molecule has 0 radical (unpaired) electrons. The van der Waals surface area contributed by atoms with Crippen LogP contribution in [0.25, 0.3) is 0 Å². The fourth-order valence-electron chi connectivity index (χ4n) is 1.89. The number of halogens is 1. The lowest BCUT2D eigenvalue weighted by Gasteiger charge is -2.28. The van der Waals surface area contributed by atoms with Gasteiger partial charge in [0.2, 0.25) is 10.0 Å². The van der Waals surface area contributed by atoms with Gasteiger partial charge in [0.05, 0.1) is 4.75 Å². The molecule has 102 valence electrons. The summed E-state index contributed by atoms with van der Waals surface area (Å²) in [6, 6.07) is 9.08. The van der Waals surface area contributed by atoms with Crippen LogP contribution in [0.3, 0.4) is 0 Å². The van der Waals surface area contributed by atoms with E-state index in [-0.39, 0.29) is 6.42 Å². The van der Waals surface area contributed by atoms with E-state index in [1.54, 1.807) is 12.1 Å². The molecule has 18 heavy (non-hydrogen) atoms. The lowest BCUT2D eigenvalue weighted by Crippen LogP contribution is -2.40. The molecular weight excluding hydrogens is 253 g/mol. The highest BCUT2D eigenvalue weighted by Crippen LogP contribution is 2.33. The van der Waals surface area contributed by atoms with Gasteiger partial charge < -0.3 is 0 Å². The third-order valence-corrected chi connectivity index (χ3v) is 4.97. The summed E-state index contributed by atoms with van der Waals surface area (Å²) in [4.78, 5) is 0. The largest absolute Gasteiger partial charge is 0.247 e. The zero-order chi connectivity index (χ0) is 14.0. The summed E-state index contributed by atoms with van der Waals surface area (Å²) in [5.74, 6) is -0.473. The second-order valence-corrected chi connectivity index (χ2v) is 7.40. The maximum Gasteiger partial charge on any atom is 0.214 e. The third-order valence-electron chi connectivity index (χ3n) is 3.26. The molecule has 2 atom stereocenters. The summed E-state index contributed by atoms with van der Waals surface area (Å²) in [6.07, 6.45) is -0.971. The van der Waals surface area contributed by atoms with Gasteiger partial charge in [-0.25, -0.2) is 17.9 Å². The maximum atomic E-state index is 13.7. The van der Waals surface area contributed by atoms with Crippen molar-refractivity contribution in [2.75, 3.05) is 0 Å². The molecule has 0 amide bonds. The van der Waals surface area contributed by atoms with Gasteiger partial charge in [-0.05, 0) is 32.8 Å². The summed E-state index contributed by atoms with van der Waals surface area (Å²) in [5, 5.41) is 5.19. The first kappa shape index (κ1) is 15.1. The molecule has 0 aliphatic rings. The Balaban J connectivity index is 3.04.